The fraction of sp³-hybridized carbons (Fsp3) is 0.533. The molecule has 0 aliphatic heterocycles. The maximum atomic E-state index is 11.5. The maximum absolute atomic E-state index is 11.5. The van der Waals surface area contributed by atoms with Gasteiger partial charge in [0.2, 0.25) is 0 Å². The zero-order chi connectivity index (χ0) is 14.1. The lowest BCUT2D eigenvalue weighted by atomic mass is 10.1. The number of urea groups is 1. The van der Waals surface area contributed by atoms with Gasteiger partial charge >= 0.3 is 6.03 Å². The lowest BCUT2D eigenvalue weighted by Gasteiger charge is -2.09. The van der Waals surface area contributed by atoms with Crippen LogP contribution in [0.1, 0.15) is 25.8 Å². The third kappa shape index (κ3) is 6.70. The van der Waals surface area contributed by atoms with Crippen LogP contribution in [0.15, 0.2) is 24.3 Å². The molecule has 0 aliphatic rings. The van der Waals surface area contributed by atoms with E-state index in [4.69, 9.17) is 4.74 Å². The van der Waals surface area contributed by atoms with Crippen molar-refractivity contribution < 1.29 is 9.53 Å². The van der Waals surface area contributed by atoms with E-state index in [0.29, 0.717) is 12.5 Å². The first-order valence-electron chi connectivity index (χ1n) is 6.76. The van der Waals surface area contributed by atoms with Gasteiger partial charge in [0.05, 0.1) is 7.11 Å². The smallest absolute Gasteiger partial charge is 0.314 e. The van der Waals surface area contributed by atoms with Gasteiger partial charge in [0.1, 0.15) is 5.75 Å². The Balaban J connectivity index is 2.20. The van der Waals surface area contributed by atoms with Crippen LogP contribution in [0.2, 0.25) is 0 Å². The molecule has 19 heavy (non-hydrogen) atoms. The molecule has 0 fully saturated rings. The van der Waals surface area contributed by atoms with E-state index in [0.717, 1.165) is 30.7 Å². The van der Waals surface area contributed by atoms with Gasteiger partial charge in [-0.25, -0.2) is 4.79 Å². The molecule has 0 unspecified atom stereocenters. The van der Waals surface area contributed by atoms with Gasteiger partial charge < -0.3 is 15.4 Å². The molecule has 0 spiro atoms. The normalized spacial score (nSPS) is 10.3. The fourth-order valence-electron chi connectivity index (χ4n) is 1.69. The quantitative estimate of drug-likeness (QED) is 0.795. The molecule has 0 radical (unpaired) electrons. The molecule has 0 atom stereocenters. The molecule has 2 N–H and O–H groups in total. The number of hydrogen-bond donors (Lipinski definition) is 2. The van der Waals surface area contributed by atoms with Crippen molar-refractivity contribution in [2.75, 3.05) is 20.2 Å². The monoisotopic (exact) mass is 264 g/mol. The number of carbonyl (C=O) groups is 1. The lowest BCUT2D eigenvalue weighted by molar-refractivity contribution is 0.240. The highest BCUT2D eigenvalue weighted by atomic mass is 16.5. The highest BCUT2D eigenvalue weighted by Crippen LogP contribution is 2.12. The van der Waals surface area contributed by atoms with Crippen LogP contribution in [-0.2, 0) is 6.42 Å². The summed E-state index contributed by atoms with van der Waals surface area (Å²) in [7, 11) is 1.65. The first-order chi connectivity index (χ1) is 9.11. The number of carbonyl (C=O) groups excluding carboxylic acids is 1. The van der Waals surface area contributed by atoms with Crippen LogP contribution >= 0.6 is 0 Å². The molecule has 0 bridgehead atoms. The van der Waals surface area contributed by atoms with E-state index in [2.05, 4.69) is 24.5 Å². The van der Waals surface area contributed by atoms with Crippen LogP contribution in [0.25, 0.3) is 0 Å². The zero-order valence-electron chi connectivity index (χ0n) is 12.0. The van der Waals surface area contributed by atoms with Gasteiger partial charge in [-0.15, -0.1) is 0 Å². The summed E-state index contributed by atoms with van der Waals surface area (Å²) in [5.41, 5.74) is 1.15. The lowest BCUT2D eigenvalue weighted by Crippen LogP contribution is -2.37. The molecule has 106 valence electrons. The van der Waals surface area contributed by atoms with Crippen molar-refractivity contribution in [1.82, 2.24) is 10.6 Å². The van der Waals surface area contributed by atoms with E-state index >= 15 is 0 Å². The first kappa shape index (κ1) is 15.3. The first-order valence-corrected chi connectivity index (χ1v) is 6.76. The van der Waals surface area contributed by atoms with Crippen LogP contribution < -0.4 is 15.4 Å². The van der Waals surface area contributed by atoms with Crippen molar-refractivity contribution in [2.45, 2.75) is 26.7 Å². The summed E-state index contributed by atoms with van der Waals surface area (Å²) in [4.78, 5) is 11.5. The molecule has 4 heteroatoms. The van der Waals surface area contributed by atoms with Crippen LogP contribution in [0.4, 0.5) is 4.79 Å². The second-order valence-corrected chi connectivity index (χ2v) is 4.97. The predicted molar refractivity (Wildman–Crippen MR) is 77.6 cm³/mol. The van der Waals surface area contributed by atoms with Gasteiger partial charge in [0.15, 0.2) is 0 Å². The van der Waals surface area contributed by atoms with E-state index in [9.17, 15) is 4.79 Å². The molecule has 1 aromatic carbocycles. The summed E-state index contributed by atoms with van der Waals surface area (Å²) in [6.45, 7) is 5.63. The topological polar surface area (TPSA) is 50.4 Å². The summed E-state index contributed by atoms with van der Waals surface area (Å²) < 4.78 is 5.16. The van der Waals surface area contributed by atoms with Crippen molar-refractivity contribution in [3.05, 3.63) is 29.8 Å². The molecule has 2 amide bonds. The molecular weight excluding hydrogens is 240 g/mol. The van der Waals surface area contributed by atoms with Crippen molar-refractivity contribution in [1.29, 1.82) is 0 Å². The van der Waals surface area contributed by atoms with Crippen molar-refractivity contribution in [3.8, 4) is 5.75 Å². The van der Waals surface area contributed by atoms with Gasteiger partial charge in [-0.2, -0.15) is 0 Å². The highest BCUT2D eigenvalue weighted by Gasteiger charge is 2.01. The Hall–Kier alpha value is -1.71. The Morgan fingerprint density at radius 2 is 2.00 bits per heavy atom. The molecule has 0 aliphatic carbocycles. The van der Waals surface area contributed by atoms with Gasteiger partial charge in [0, 0.05) is 13.1 Å². The second-order valence-electron chi connectivity index (χ2n) is 4.97. The van der Waals surface area contributed by atoms with Crippen molar-refractivity contribution >= 4 is 6.03 Å². The van der Waals surface area contributed by atoms with Gasteiger partial charge in [-0.1, -0.05) is 26.0 Å². The van der Waals surface area contributed by atoms with E-state index in [-0.39, 0.29) is 6.03 Å². The minimum atomic E-state index is -0.0939. The summed E-state index contributed by atoms with van der Waals surface area (Å²) in [6.07, 6.45) is 1.80. The zero-order valence-corrected chi connectivity index (χ0v) is 12.0. The number of methoxy groups -OCH3 is 1. The standard InChI is InChI=1S/C15H24N2O2/c1-12(2)7-9-16-15(18)17-10-8-13-5-4-6-14(11-13)19-3/h4-6,11-12H,7-10H2,1-3H3,(H2,16,17,18). The van der Waals surface area contributed by atoms with E-state index < -0.39 is 0 Å². The van der Waals surface area contributed by atoms with Gasteiger partial charge in [0.25, 0.3) is 0 Å². The largest absolute Gasteiger partial charge is 0.497 e. The average Bonchev–Trinajstić information content (AvgIpc) is 2.38. The van der Waals surface area contributed by atoms with E-state index in [1.165, 1.54) is 0 Å². The highest BCUT2D eigenvalue weighted by molar-refractivity contribution is 5.73. The predicted octanol–water partition coefficient (Wildman–Crippen LogP) is 2.58. The van der Waals surface area contributed by atoms with Crippen LogP contribution in [0.3, 0.4) is 0 Å². The molecule has 0 saturated carbocycles. The Bertz CT molecular complexity index is 391. The number of benzene rings is 1. The summed E-state index contributed by atoms with van der Waals surface area (Å²) in [5.74, 6) is 1.45. The summed E-state index contributed by atoms with van der Waals surface area (Å²) in [6, 6.07) is 7.79. The Morgan fingerprint density at radius 1 is 1.26 bits per heavy atom. The van der Waals surface area contributed by atoms with Gasteiger partial charge in [-0.05, 0) is 36.5 Å². The molecule has 1 aromatic rings. The number of hydrogen-bond acceptors (Lipinski definition) is 2. The van der Waals surface area contributed by atoms with Crippen LogP contribution in [-0.4, -0.2) is 26.2 Å². The van der Waals surface area contributed by atoms with Crippen LogP contribution in [0, 0.1) is 5.92 Å². The Morgan fingerprint density at radius 3 is 2.68 bits per heavy atom. The number of ether oxygens (including phenoxy) is 1. The SMILES string of the molecule is COc1cccc(CCNC(=O)NCCC(C)C)c1. The Labute approximate surface area is 115 Å². The fourth-order valence-corrected chi connectivity index (χ4v) is 1.69. The number of nitrogens with one attached hydrogen (secondary N) is 2. The number of amides is 2. The average molecular weight is 264 g/mol. The second kappa shape index (κ2) is 8.40. The van der Waals surface area contributed by atoms with Crippen molar-refractivity contribution in [2.24, 2.45) is 5.92 Å². The molecule has 0 heterocycles. The van der Waals surface area contributed by atoms with Gasteiger partial charge in [-0.3, -0.25) is 0 Å². The molecule has 0 saturated heterocycles. The minimum Gasteiger partial charge on any atom is -0.497 e. The number of rotatable bonds is 7. The minimum absolute atomic E-state index is 0.0939. The van der Waals surface area contributed by atoms with E-state index in [1.54, 1.807) is 7.11 Å². The van der Waals surface area contributed by atoms with Crippen LogP contribution in [0.5, 0.6) is 5.75 Å². The molecule has 4 nitrogen and oxygen atoms in total. The third-order valence-corrected chi connectivity index (χ3v) is 2.84. The van der Waals surface area contributed by atoms with E-state index in [1.807, 2.05) is 24.3 Å². The molecule has 0 aromatic heterocycles. The third-order valence-electron chi connectivity index (χ3n) is 2.84. The Kier molecular flexibility index (Phi) is 6.79. The summed E-state index contributed by atoms with van der Waals surface area (Å²) in [5, 5.41) is 5.70. The maximum Gasteiger partial charge on any atom is 0.314 e. The summed E-state index contributed by atoms with van der Waals surface area (Å²) >= 11 is 0. The molecular formula is C15H24N2O2. The van der Waals surface area contributed by atoms with Crippen molar-refractivity contribution in [3.63, 3.8) is 0 Å². The molecule has 1 rings (SSSR count).